The Hall–Kier alpha value is -3.02. The quantitative estimate of drug-likeness (QED) is 0.673. The third-order valence-electron chi connectivity index (χ3n) is 5.29. The standard InChI is InChI=1S/C23H29N3O3/c1-29-21-13-7-18(8-14-21)22(27)25-19-9-11-20(12-10-19)26-23(28)24-16-15-17-5-3-2-4-6-17/h2-8,13-14,19-20H,9-12,15-16H2,1H3,(H,25,27)(H2,24,26,28). The Morgan fingerprint density at radius 3 is 2.14 bits per heavy atom. The average molecular weight is 396 g/mol. The van der Waals surface area contributed by atoms with Crippen molar-refractivity contribution in [1.29, 1.82) is 0 Å². The Bertz CT molecular complexity index is 785. The number of rotatable bonds is 7. The van der Waals surface area contributed by atoms with Gasteiger partial charge < -0.3 is 20.7 Å². The molecule has 0 spiro atoms. The fourth-order valence-corrected chi connectivity index (χ4v) is 3.59. The van der Waals surface area contributed by atoms with Gasteiger partial charge in [0.1, 0.15) is 5.75 Å². The van der Waals surface area contributed by atoms with E-state index in [2.05, 4.69) is 28.1 Å². The van der Waals surface area contributed by atoms with Gasteiger partial charge in [-0.1, -0.05) is 30.3 Å². The van der Waals surface area contributed by atoms with Crippen LogP contribution in [0.25, 0.3) is 0 Å². The van der Waals surface area contributed by atoms with Gasteiger partial charge in [0.05, 0.1) is 7.11 Å². The molecule has 1 fully saturated rings. The zero-order chi connectivity index (χ0) is 20.5. The van der Waals surface area contributed by atoms with Gasteiger partial charge in [-0.15, -0.1) is 0 Å². The van der Waals surface area contributed by atoms with Crippen LogP contribution in [0.4, 0.5) is 4.79 Å². The van der Waals surface area contributed by atoms with Crippen LogP contribution in [-0.2, 0) is 6.42 Å². The number of carbonyl (C=O) groups excluding carboxylic acids is 2. The third-order valence-corrected chi connectivity index (χ3v) is 5.29. The van der Waals surface area contributed by atoms with E-state index in [0.717, 1.165) is 37.9 Å². The predicted molar refractivity (Wildman–Crippen MR) is 113 cm³/mol. The summed E-state index contributed by atoms with van der Waals surface area (Å²) in [5.41, 5.74) is 1.84. The third kappa shape index (κ3) is 6.52. The molecule has 0 aromatic heterocycles. The molecule has 6 nitrogen and oxygen atoms in total. The number of ether oxygens (including phenoxy) is 1. The van der Waals surface area contributed by atoms with Crippen LogP contribution in [0.2, 0.25) is 0 Å². The predicted octanol–water partition coefficient (Wildman–Crippen LogP) is 3.28. The molecule has 1 aliphatic rings. The van der Waals surface area contributed by atoms with Gasteiger partial charge in [-0.05, 0) is 61.9 Å². The second-order valence-electron chi connectivity index (χ2n) is 7.39. The minimum Gasteiger partial charge on any atom is -0.497 e. The fraction of sp³-hybridized carbons (Fsp3) is 0.391. The molecule has 29 heavy (non-hydrogen) atoms. The zero-order valence-electron chi connectivity index (χ0n) is 16.8. The molecule has 3 rings (SSSR count). The number of nitrogens with one attached hydrogen (secondary N) is 3. The van der Waals surface area contributed by atoms with Crippen molar-refractivity contribution in [3.05, 3.63) is 65.7 Å². The summed E-state index contributed by atoms with van der Waals surface area (Å²) >= 11 is 0. The van der Waals surface area contributed by atoms with Crippen molar-refractivity contribution in [2.75, 3.05) is 13.7 Å². The molecular weight excluding hydrogens is 366 g/mol. The van der Waals surface area contributed by atoms with E-state index in [0.29, 0.717) is 12.1 Å². The first kappa shape index (κ1) is 20.7. The Morgan fingerprint density at radius 2 is 1.52 bits per heavy atom. The molecule has 154 valence electrons. The van der Waals surface area contributed by atoms with Crippen LogP contribution >= 0.6 is 0 Å². The summed E-state index contributed by atoms with van der Waals surface area (Å²) in [7, 11) is 1.60. The molecule has 0 heterocycles. The van der Waals surface area contributed by atoms with E-state index in [-0.39, 0.29) is 24.0 Å². The van der Waals surface area contributed by atoms with E-state index < -0.39 is 0 Å². The Kier molecular flexibility index (Phi) is 7.50. The largest absolute Gasteiger partial charge is 0.497 e. The first-order valence-electron chi connectivity index (χ1n) is 10.2. The van der Waals surface area contributed by atoms with Crippen LogP contribution in [0.1, 0.15) is 41.6 Å². The van der Waals surface area contributed by atoms with Crippen molar-refractivity contribution in [2.45, 2.75) is 44.2 Å². The van der Waals surface area contributed by atoms with Gasteiger partial charge in [0.15, 0.2) is 0 Å². The van der Waals surface area contributed by atoms with Gasteiger partial charge in [-0.2, -0.15) is 0 Å². The molecule has 0 radical (unpaired) electrons. The highest BCUT2D eigenvalue weighted by Crippen LogP contribution is 2.19. The molecule has 0 aliphatic heterocycles. The van der Waals surface area contributed by atoms with Gasteiger partial charge >= 0.3 is 6.03 Å². The molecule has 2 aromatic carbocycles. The van der Waals surface area contributed by atoms with Crippen molar-refractivity contribution in [2.24, 2.45) is 0 Å². The summed E-state index contributed by atoms with van der Waals surface area (Å²) < 4.78 is 5.12. The van der Waals surface area contributed by atoms with Gasteiger partial charge in [-0.3, -0.25) is 4.79 Å². The van der Waals surface area contributed by atoms with Crippen LogP contribution in [0.5, 0.6) is 5.75 Å². The van der Waals surface area contributed by atoms with Gasteiger partial charge in [0, 0.05) is 24.2 Å². The number of methoxy groups -OCH3 is 1. The summed E-state index contributed by atoms with van der Waals surface area (Å²) in [4.78, 5) is 24.5. The molecule has 3 amide bonds. The second kappa shape index (κ2) is 10.5. The Balaban J connectivity index is 1.34. The summed E-state index contributed by atoms with van der Waals surface area (Å²) in [6.07, 6.45) is 4.26. The average Bonchev–Trinajstić information content (AvgIpc) is 2.76. The van der Waals surface area contributed by atoms with E-state index in [4.69, 9.17) is 4.74 Å². The zero-order valence-corrected chi connectivity index (χ0v) is 16.8. The van der Waals surface area contributed by atoms with E-state index >= 15 is 0 Å². The van der Waals surface area contributed by atoms with E-state index in [1.165, 1.54) is 5.56 Å². The highest BCUT2D eigenvalue weighted by Gasteiger charge is 2.23. The topological polar surface area (TPSA) is 79.5 Å². The molecule has 0 unspecified atom stereocenters. The normalized spacial score (nSPS) is 18.5. The summed E-state index contributed by atoms with van der Waals surface area (Å²) in [5, 5.41) is 9.06. The van der Waals surface area contributed by atoms with Crippen LogP contribution in [-0.4, -0.2) is 37.7 Å². The maximum atomic E-state index is 12.4. The molecule has 0 bridgehead atoms. The monoisotopic (exact) mass is 395 g/mol. The molecule has 0 saturated heterocycles. The van der Waals surface area contributed by atoms with Crippen molar-refractivity contribution >= 4 is 11.9 Å². The second-order valence-corrected chi connectivity index (χ2v) is 7.39. The number of carbonyl (C=O) groups is 2. The SMILES string of the molecule is COc1ccc(C(=O)NC2CCC(NC(=O)NCCc3ccccc3)CC2)cc1. The van der Waals surface area contributed by atoms with Crippen molar-refractivity contribution < 1.29 is 14.3 Å². The maximum Gasteiger partial charge on any atom is 0.315 e. The molecule has 2 aromatic rings. The summed E-state index contributed by atoms with van der Waals surface area (Å²) in [6.45, 7) is 0.614. The van der Waals surface area contributed by atoms with Crippen molar-refractivity contribution in [3.8, 4) is 5.75 Å². The van der Waals surface area contributed by atoms with Crippen LogP contribution in [0.3, 0.4) is 0 Å². The summed E-state index contributed by atoms with van der Waals surface area (Å²) in [5.74, 6) is 0.665. The lowest BCUT2D eigenvalue weighted by Crippen LogP contribution is -2.47. The number of urea groups is 1. The minimum absolute atomic E-state index is 0.0669. The maximum absolute atomic E-state index is 12.4. The number of hydrogen-bond donors (Lipinski definition) is 3. The smallest absolute Gasteiger partial charge is 0.315 e. The van der Waals surface area contributed by atoms with Crippen LogP contribution < -0.4 is 20.7 Å². The fourth-order valence-electron chi connectivity index (χ4n) is 3.59. The Labute approximate surface area is 172 Å². The molecule has 3 N–H and O–H groups in total. The van der Waals surface area contributed by atoms with Crippen LogP contribution in [0, 0.1) is 0 Å². The first-order valence-corrected chi connectivity index (χ1v) is 10.2. The lowest BCUT2D eigenvalue weighted by Gasteiger charge is -2.29. The van der Waals surface area contributed by atoms with E-state index in [1.54, 1.807) is 31.4 Å². The lowest BCUT2D eigenvalue weighted by molar-refractivity contribution is 0.0924. The lowest BCUT2D eigenvalue weighted by atomic mass is 9.91. The molecular formula is C23H29N3O3. The Morgan fingerprint density at radius 1 is 0.897 bits per heavy atom. The molecule has 6 heteroatoms. The molecule has 1 saturated carbocycles. The van der Waals surface area contributed by atoms with E-state index in [1.807, 2.05) is 18.2 Å². The number of benzene rings is 2. The van der Waals surface area contributed by atoms with Gasteiger partial charge in [-0.25, -0.2) is 4.79 Å². The van der Waals surface area contributed by atoms with Gasteiger partial charge in [0.2, 0.25) is 0 Å². The van der Waals surface area contributed by atoms with E-state index in [9.17, 15) is 9.59 Å². The van der Waals surface area contributed by atoms with Crippen molar-refractivity contribution in [3.63, 3.8) is 0 Å². The number of amides is 3. The highest BCUT2D eigenvalue weighted by atomic mass is 16.5. The number of hydrogen-bond acceptors (Lipinski definition) is 3. The molecule has 0 atom stereocenters. The van der Waals surface area contributed by atoms with Crippen LogP contribution in [0.15, 0.2) is 54.6 Å². The minimum atomic E-state index is -0.119. The summed E-state index contributed by atoms with van der Waals surface area (Å²) in [6, 6.07) is 17.4. The van der Waals surface area contributed by atoms with Crippen molar-refractivity contribution in [1.82, 2.24) is 16.0 Å². The first-order chi connectivity index (χ1) is 14.1. The highest BCUT2D eigenvalue weighted by molar-refractivity contribution is 5.94. The molecule has 1 aliphatic carbocycles. The van der Waals surface area contributed by atoms with Gasteiger partial charge in [0.25, 0.3) is 5.91 Å².